The third-order valence-corrected chi connectivity index (χ3v) is 15.1. The average Bonchev–Trinajstić information content (AvgIpc) is 3.36. The van der Waals surface area contributed by atoms with Crippen molar-refractivity contribution in [3.8, 4) is 0 Å². The van der Waals surface area contributed by atoms with Gasteiger partial charge in [0.05, 0.1) is 25.4 Å². The van der Waals surface area contributed by atoms with Gasteiger partial charge in [0.25, 0.3) is 0 Å². The predicted octanol–water partition coefficient (Wildman–Crippen LogP) is 20.0. The summed E-state index contributed by atoms with van der Waals surface area (Å²) in [5, 5.41) is 23.0. The number of esters is 1. The fraction of sp³-hybridized carbons (Fsp3) is 0.938. The molecule has 0 fully saturated rings. The van der Waals surface area contributed by atoms with Crippen LogP contribution >= 0.6 is 0 Å². The van der Waals surface area contributed by atoms with Gasteiger partial charge in [0.15, 0.2) is 0 Å². The molecular weight excluding hydrogens is 863 g/mol. The first-order chi connectivity index (χ1) is 34.5. The highest BCUT2D eigenvalue weighted by Gasteiger charge is 2.18. The van der Waals surface area contributed by atoms with Crippen molar-refractivity contribution in [1.29, 1.82) is 0 Å². The van der Waals surface area contributed by atoms with Crippen LogP contribution in [0.4, 0.5) is 0 Å². The zero-order valence-corrected chi connectivity index (χ0v) is 47.5. The molecule has 0 saturated heterocycles. The van der Waals surface area contributed by atoms with Gasteiger partial charge in [-0.1, -0.05) is 328 Å². The highest BCUT2D eigenvalue weighted by Crippen LogP contribution is 2.18. The van der Waals surface area contributed by atoms with Gasteiger partial charge in [-0.25, -0.2) is 0 Å². The molecule has 1 amide bonds. The molecule has 2 atom stereocenters. The third kappa shape index (κ3) is 55.9. The van der Waals surface area contributed by atoms with Crippen molar-refractivity contribution < 1.29 is 24.5 Å². The maximum Gasteiger partial charge on any atom is 0.305 e. The van der Waals surface area contributed by atoms with E-state index in [0.29, 0.717) is 19.4 Å². The molecular formula is C64H125NO5. The third-order valence-electron chi connectivity index (χ3n) is 15.1. The van der Waals surface area contributed by atoms with Gasteiger partial charge in [-0.15, -0.1) is 0 Å². The number of aliphatic hydroxyl groups is 2. The number of rotatable bonds is 60. The van der Waals surface area contributed by atoms with E-state index < -0.39 is 12.1 Å². The van der Waals surface area contributed by atoms with Crippen molar-refractivity contribution in [3.05, 3.63) is 12.2 Å². The second kappa shape index (κ2) is 60.2. The number of allylic oxidation sites excluding steroid dienone is 1. The van der Waals surface area contributed by atoms with Gasteiger partial charge in [0.2, 0.25) is 5.91 Å². The molecule has 70 heavy (non-hydrogen) atoms. The van der Waals surface area contributed by atoms with Crippen LogP contribution < -0.4 is 5.32 Å². The molecule has 2 unspecified atom stereocenters. The van der Waals surface area contributed by atoms with Crippen molar-refractivity contribution in [1.82, 2.24) is 5.32 Å². The lowest BCUT2D eigenvalue weighted by Crippen LogP contribution is -2.45. The van der Waals surface area contributed by atoms with Gasteiger partial charge in [0.1, 0.15) is 0 Å². The van der Waals surface area contributed by atoms with Crippen LogP contribution in [-0.2, 0) is 14.3 Å². The number of amides is 1. The lowest BCUT2D eigenvalue weighted by molar-refractivity contribution is -0.143. The van der Waals surface area contributed by atoms with Gasteiger partial charge in [0, 0.05) is 12.8 Å². The first-order valence-electron chi connectivity index (χ1n) is 32.0. The van der Waals surface area contributed by atoms with Gasteiger partial charge in [-0.3, -0.25) is 9.59 Å². The smallest absolute Gasteiger partial charge is 0.305 e. The summed E-state index contributed by atoms with van der Waals surface area (Å²) in [6.07, 6.45) is 72.8. The van der Waals surface area contributed by atoms with Crippen LogP contribution in [0.25, 0.3) is 0 Å². The van der Waals surface area contributed by atoms with Crippen LogP contribution in [0.3, 0.4) is 0 Å². The van der Waals surface area contributed by atoms with Gasteiger partial charge >= 0.3 is 5.97 Å². The maximum atomic E-state index is 12.4. The summed E-state index contributed by atoms with van der Waals surface area (Å²) in [6, 6.07) is -0.623. The normalized spacial score (nSPS) is 12.6. The van der Waals surface area contributed by atoms with E-state index in [-0.39, 0.29) is 18.5 Å². The maximum absolute atomic E-state index is 12.4. The zero-order valence-electron chi connectivity index (χ0n) is 47.5. The van der Waals surface area contributed by atoms with E-state index >= 15 is 0 Å². The molecule has 0 rings (SSSR count). The van der Waals surface area contributed by atoms with Crippen molar-refractivity contribution in [2.45, 2.75) is 373 Å². The quantitative estimate of drug-likeness (QED) is 0.0321. The number of carbonyl (C=O) groups is 2. The van der Waals surface area contributed by atoms with Crippen molar-refractivity contribution in [2.24, 2.45) is 0 Å². The summed E-state index contributed by atoms with van der Waals surface area (Å²) in [4.78, 5) is 24.5. The Hall–Kier alpha value is -1.40. The van der Waals surface area contributed by atoms with Crippen LogP contribution in [0.5, 0.6) is 0 Å². The molecule has 0 bridgehead atoms. The summed E-state index contributed by atoms with van der Waals surface area (Å²) < 4.78 is 5.51. The number of aliphatic hydroxyl groups excluding tert-OH is 2. The topological polar surface area (TPSA) is 95.9 Å². The lowest BCUT2D eigenvalue weighted by atomic mass is 10.0. The fourth-order valence-electron chi connectivity index (χ4n) is 10.2. The highest BCUT2D eigenvalue weighted by molar-refractivity contribution is 5.76. The van der Waals surface area contributed by atoms with Crippen LogP contribution in [0.1, 0.15) is 361 Å². The number of unbranched alkanes of at least 4 members (excludes halogenated alkanes) is 49. The Morgan fingerprint density at radius 3 is 0.971 bits per heavy atom. The van der Waals surface area contributed by atoms with Crippen molar-refractivity contribution >= 4 is 11.9 Å². The van der Waals surface area contributed by atoms with Gasteiger partial charge in [-0.2, -0.15) is 0 Å². The van der Waals surface area contributed by atoms with E-state index in [1.54, 1.807) is 6.08 Å². The second-order valence-corrected chi connectivity index (χ2v) is 22.1. The molecule has 0 spiro atoms. The fourth-order valence-corrected chi connectivity index (χ4v) is 10.2. The van der Waals surface area contributed by atoms with E-state index in [1.165, 1.54) is 295 Å². The summed E-state index contributed by atoms with van der Waals surface area (Å²) in [5.74, 6) is -0.0452. The minimum Gasteiger partial charge on any atom is -0.466 e. The molecule has 416 valence electrons. The minimum atomic E-state index is -0.839. The van der Waals surface area contributed by atoms with Crippen LogP contribution in [-0.4, -0.2) is 47.4 Å². The van der Waals surface area contributed by atoms with E-state index in [2.05, 4.69) is 19.2 Å². The number of hydrogen-bond acceptors (Lipinski definition) is 5. The van der Waals surface area contributed by atoms with E-state index in [9.17, 15) is 19.8 Å². The second-order valence-electron chi connectivity index (χ2n) is 22.1. The molecule has 0 aliphatic carbocycles. The molecule has 0 heterocycles. The molecule has 6 nitrogen and oxygen atoms in total. The van der Waals surface area contributed by atoms with E-state index in [4.69, 9.17) is 4.74 Å². The van der Waals surface area contributed by atoms with Crippen LogP contribution in [0, 0.1) is 0 Å². The van der Waals surface area contributed by atoms with E-state index in [1.807, 2.05) is 6.08 Å². The molecule has 0 aromatic carbocycles. The molecule has 0 aromatic rings. The SMILES string of the molecule is CCCCCCCCC/C=C/C(O)C(CO)NC(=O)CCCCCCCCCCCCCCCCCCCCCCCCCCCCOC(=O)CCCCCCCCCCCCCCCCCCCC. The number of ether oxygens (including phenoxy) is 1. The standard InChI is InChI=1S/C64H125NO5/c1-3-5-7-9-11-13-14-15-16-17-29-32-35-38-42-46-50-54-58-64(69)70-59-55-51-47-43-39-36-33-30-27-25-23-21-19-18-20-22-24-26-28-31-34-37-41-45-49-53-57-63(68)65-61(60-66)62(67)56-52-48-44-40-12-10-8-6-4-2/h52,56,61-62,66-67H,3-51,53-55,57-60H2,1-2H3,(H,65,68)/b56-52+. The Kier molecular flexibility index (Phi) is 59.0. The van der Waals surface area contributed by atoms with Crippen molar-refractivity contribution in [3.63, 3.8) is 0 Å². The summed E-state index contributed by atoms with van der Waals surface area (Å²) in [5.41, 5.74) is 0. The summed E-state index contributed by atoms with van der Waals surface area (Å²) >= 11 is 0. The molecule has 3 N–H and O–H groups in total. The molecule has 0 aliphatic rings. The first kappa shape index (κ1) is 68.6. The molecule has 0 aromatic heterocycles. The molecule has 0 saturated carbocycles. The number of hydrogen-bond donors (Lipinski definition) is 3. The Bertz CT molecular complexity index is 1050. The number of carbonyl (C=O) groups excluding carboxylic acids is 2. The summed E-state index contributed by atoms with van der Waals surface area (Å²) in [7, 11) is 0. The Morgan fingerprint density at radius 2 is 0.657 bits per heavy atom. The van der Waals surface area contributed by atoms with Crippen LogP contribution in [0.15, 0.2) is 12.2 Å². The highest BCUT2D eigenvalue weighted by atomic mass is 16.5. The Balaban J connectivity index is 3.30. The van der Waals surface area contributed by atoms with Gasteiger partial charge in [-0.05, 0) is 32.1 Å². The average molecular weight is 989 g/mol. The van der Waals surface area contributed by atoms with Gasteiger partial charge < -0.3 is 20.3 Å². The number of nitrogens with one attached hydrogen (secondary N) is 1. The zero-order chi connectivity index (χ0) is 50.7. The van der Waals surface area contributed by atoms with Crippen LogP contribution in [0.2, 0.25) is 0 Å². The lowest BCUT2D eigenvalue weighted by Gasteiger charge is -2.20. The predicted molar refractivity (Wildman–Crippen MR) is 306 cm³/mol. The molecule has 0 radical (unpaired) electrons. The largest absolute Gasteiger partial charge is 0.466 e. The Labute approximate surface area is 438 Å². The van der Waals surface area contributed by atoms with Crippen molar-refractivity contribution in [2.75, 3.05) is 13.2 Å². The molecule has 6 heteroatoms. The molecule has 0 aliphatic heterocycles. The summed E-state index contributed by atoms with van der Waals surface area (Å²) in [6.45, 7) is 4.91. The monoisotopic (exact) mass is 988 g/mol. The Morgan fingerprint density at radius 1 is 0.386 bits per heavy atom. The first-order valence-corrected chi connectivity index (χ1v) is 32.0. The minimum absolute atomic E-state index is 0.0217. The van der Waals surface area contributed by atoms with E-state index in [0.717, 1.165) is 38.5 Å².